The summed E-state index contributed by atoms with van der Waals surface area (Å²) in [6.45, 7) is 5.20. The number of rotatable bonds is 7. The smallest absolute Gasteiger partial charge is 0.240 e. The minimum Gasteiger partial charge on any atom is -0.493 e. The van der Waals surface area contributed by atoms with Gasteiger partial charge in [0.2, 0.25) is 10.0 Å². The Bertz CT molecular complexity index is 890. The van der Waals surface area contributed by atoms with Crippen LogP contribution < -0.4 is 9.46 Å². The monoisotopic (exact) mass is 388 g/mol. The summed E-state index contributed by atoms with van der Waals surface area (Å²) in [5.74, 6) is 1.30. The predicted octanol–water partition coefficient (Wildman–Crippen LogP) is 3.33. The average Bonchev–Trinajstić information content (AvgIpc) is 3.09. The van der Waals surface area contributed by atoms with Crippen LogP contribution in [0.2, 0.25) is 0 Å². The Morgan fingerprint density at radius 3 is 2.37 bits per heavy atom. The van der Waals surface area contributed by atoms with Crippen molar-refractivity contribution in [1.29, 1.82) is 0 Å². The van der Waals surface area contributed by atoms with Gasteiger partial charge in [-0.25, -0.2) is 13.1 Å². The minimum atomic E-state index is -3.55. The van der Waals surface area contributed by atoms with Crippen molar-refractivity contribution in [3.63, 3.8) is 0 Å². The van der Waals surface area contributed by atoms with Crippen molar-refractivity contribution in [2.45, 2.75) is 37.1 Å². The lowest BCUT2D eigenvalue weighted by atomic mass is 10.0. The van der Waals surface area contributed by atoms with E-state index in [9.17, 15) is 8.42 Å². The van der Waals surface area contributed by atoms with E-state index in [1.807, 2.05) is 43.3 Å². The van der Waals surface area contributed by atoms with Gasteiger partial charge in [-0.15, -0.1) is 0 Å². The van der Waals surface area contributed by atoms with Gasteiger partial charge in [0.25, 0.3) is 0 Å². The molecule has 1 aliphatic heterocycles. The van der Waals surface area contributed by atoms with Crippen LogP contribution in [0.15, 0.2) is 47.4 Å². The first kappa shape index (κ1) is 19.9. The Balaban J connectivity index is 1.75. The summed E-state index contributed by atoms with van der Waals surface area (Å²) in [5, 5.41) is 0. The fourth-order valence-electron chi connectivity index (χ4n) is 3.32. The standard InChI is InChI=1S/C21H28N2O3S/c1-15(2)16-5-8-19(9-6-16)27(24,25)22-14-20(23(3)4)17-7-10-21-18(13-17)11-12-26-21/h5-10,13,15,20,22H,11-12,14H2,1-4H3. The molecule has 1 atom stereocenters. The molecule has 2 aromatic rings. The molecular formula is C21H28N2O3S. The maximum absolute atomic E-state index is 12.7. The van der Waals surface area contributed by atoms with Crippen molar-refractivity contribution in [2.24, 2.45) is 0 Å². The van der Waals surface area contributed by atoms with Crippen molar-refractivity contribution in [3.05, 3.63) is 59.2 Å². The van der Waals surface area contributed by atoms with Gasteiger partial charge in [-0.3, -0.25) is 0 Å². The average molecular weight is 389 g/mol. The largest absolute Gasteiger partial charge is 0.493 e. The number of sulfonamides is 1. The van der Waals surface area contributed by atoms with E-state index < -0.39 is 10.0 Å². The molecule has 146 valence electrons. The highest BCUT2D eigenvalue weighted by Crippen LogP contribution is 2.29. The van der Waals surface area contributed by atoms with Gasteiger partial charge < -0.3 is 9.64 Å². The molecule has 0 radical (unpaired) electrons. The minimum absolute atomic E-state index is 0.0550. The number of ether oxygens (including phenoxy) is 1. The highest BCUT2D eigenvalue weighted by Gasteiger charge is 2.22. The first-order valence-corrected chi connectivity index (χ1v) is 10.8. The SMILES string of the molecule is CC(C)c1ccc(S(=O)(=O)NCC(c2ccc3c(c2)CCO3)N(C)C)cc1. The Hall–Kier alpha value is -1.89. The molecule has 0 amide bonds. The maximum atomic E-state index is 12.7. The Kier molecular flexibility index (Phi) is 5.89. The lowest BCUT2D eigenvalue weighted by molar-refractivity contribution is 0.299. The lowest BCUT2D eigenvalue weighted by Crippen LogP contribution is -2.34. The van der Waals surface area contributed by atoms with E-state index in [0.717, 1.165) is 23.3 Å². The van der Waals surface area contributed by atoms with Crippen LogP contribution in [0.4, 0.5) is 0 Å². The molecular weight excluding hydrogens is 360 g/mol. The summed E-state index contributed by atoms with van der Waals surface area (Å²) in [4.78, 5) is 2.33. The second kappa shape index (κ2) is 8.00. The first-order chi connectivity index (χ1) is 12.8. The number of likely N-dealkylation sites (N-methyl/N-ethyl adjacent to an activating group) is 1. The van der Waals surface area contributed by atoms with Gasteiger partial charge >= 0.3 is 0 Å². The molecule has 1 unspecified atom stereocenters. The molecule has 0 saturated carbocycles. The molecule has 6 heteroatoms. The summed E-state index contributed by atoms with van der Waals surface area (Å²) < 4.78 is 33.8. The molecule has 1 aliphatic rings. The van der Waals surface area contributed by atoms with Crippen molar-refractivity contribution in [2.75, 3.05) is 27.2 Å². The highest BCUT2D eigenvalue weighted by molar-refractivity contribution is 7.89. The quantitative estimate of drug-likeness (QED) is 0.790. The van der Waals surface area contributed by atoms with Crippen molar-refractivity contribution >= 4 is 10.0 Å². The van der Waals surface area contributed by atoms with Crippen molar-refractivity contribution in [3.8, 4) is 5.75 Å². The summed E-state index contributed by atoms with van der Waals surface area (Å²) in [6, 6.07) is 13.2. The fourth-order valence-corrected chi connectivity index (χ4v) is 4.35. The molecule has 3 rings (SSSR count). The second-order valence-corrected chi connectivity index (χ2v) is 9.29. The van der Waals surface area contributed by atoms with Crippen LogP contribution in [-0.4, -0.2) is 40.6 Å². The molecule has 0 aromatic heterocycles. The van der Waals surface area contributed by atoms with Gasteiger partial charge in [0.15, 0.2) is 0 Å². The lowest BCUT2D eigenvalue weighted by Gasteiger charge is -2.25. The zero-order valence-corrected chi connectivity index (χ0v) is 17.2. The fraction of sp³-hybridized carbons (Fsp3) is 0.429. The number of nitrogens with one attached hydrogen (secondary N) is 1. The van der Waals surface area contributed by atoms with Crippen LogP contribution in [-0.2, 0) is 16.4 Å². The predicted molar refractivity (Wildman–Crippen MR) is 108 cm³/mol. The van der Waals surface area contributed by atoms with E-state index in [1.54, 1.807) is 12.1 Å². The first-order valence-electron chi connectivity index (χ1n) is 9.29. The van der Waals surface area contributed by atoms with Gasteiger partial charge in [0.05, 0.1) is 11.5 Å². The van der Waals surface area contributed by atoms with Gasteiger partial charge in [-0.2, -0.15) is 0 Å². The molecule has 2 aromatic carbocycles. The molecule has 0 bridgehead atoms. The van der Waals surface area contributed by atoms with E-state index in [-0.39, 0.29) is 6.04 Å². The number of hydrogen-bond acceptors (Lipinski definition) is 4. The Labute approximate surface area is 162 Å². The molecule has 0 saturated heterocycles. The summed E-state index contributed by atoms with van der Waals surface area (Å²) >= 11 is 0. The van der Waals surface area contributed by atoms with Gasteiger partial charge in [0, 0.05) is 19.0 Å². The molecule has 5 nitrogen and oxygen atoms in total. The third-order valence-electron chi connectivity index (χ3n) is 5.05. The molecule has 0 fully saturated rings. The Morgan fingerprint density at radius 1 is 1.07 bits per heavy atom. The van der Waals surface area contributed by atoms with E-state index in [1.165, 1.54) is 5.56 Å². The summed E-state index contributed by atoms with van der Waals surface area (Å²) in [5.41, 5.74) is 3.40. The summed E-state index contributed by atoms with van der Waals surface area (Å²) in [7, 11) is 0.365. The Morgan fingerprint density at radius 2 is 1.74 bits per heavy atom. The van der Waals surface area contributed by atoms with Crippen LogP contribution in [0.1, 0.15) is 42.5 Å². The topological polar surface area (TPSA) is 58.6 Å². The van der Waals surface area contributed by atoms with Crippen molar-refractivity contribution < 1.29 is 13.2 Å². The third kappa shape index (κ3) is 4.51. The summed E-state index contributed by atoms with van der Waals surface area (Å²) in [6.07, 6.45) is 0.900. The number of benzene rings is 2. The van der Waals surface area contributed by atoms with Crippen molar-refractivity contribution in [1.82, 2.24) is 9.62 Å². The van der Waals surface area contributed by atoms with Crippen LogP contribution >= 0.6 is 0 Å². The normalized spacial score (nSPS) is 15.0. The zero-order valence-electron chi connectivity index (χ0n) is 16.4. The third-order valence-corrected chi connectivity index (χ3v) is 6.48. The second-order valence-electron chi connectivity index (χ2n) is 7.52. The number of fused-ring (bicyclic) bond motifs is 1. The molecule has 1 heterocycles. The van der Waals surface area contributed by atoms with Gasteiger partial charge in [-0.05, 0) is 54.9 Å². The molecule has 0 spiro atoms. The molecule has 1 N–H and O–H groups in total. The van der Waals surface area contributed by atoms with E-state index >= 15 is 0 Å². The van der Waals surface area contributed by atoms with Crippen LogP contribution in [0.5, 0.6) is 5.75 Å². The number of hydrogen-bond donors (Lipinski definition) is 1. The zero-order chi connectivity index (χ0) is 19.6. The van der Waals surface area contributed by atoms with Crippen LogP contribution in [0, 0.1) is 0 Å². The van der Waals surface area contributed by atoms with Crippen LogP contribution in [0.3, 0.4) is 0 Å². The molecule has 27 heavy (non-hydrogen) atoms. The van der Waals surface area contributed by atoms with Gasteiger partial charge in [0.1, 0.15) is 5.75 Å². The van der Waals surface area contributed by atoms with E-state index in [0.29, 0.717) is 24.0 Å². The highest BCUT2D eigenvalue weighted by atomic mass is 32.2. The number of nitrogens with zero attached hydrogens (tertiary/aromatic N) is 1. The van der Waals surface area contributed by atoms with Crippen LogP contribution in [0.25, 0.3) is 0 Å². The van der Waals surface area contributed by atoms with Gasteiger partial charge in [-0.1, -0.05) is 38.1 Å². The van der Waals surface area contributed by atoms with E-state index in [4.69, 9.17) is 4.74 Å². The van der Waals surface area contributed by atoms with E-state index in [2.05, 4.69) is 24.6 Å². The maximum Gasteiger partial charge on any atom is 0.240 e. The molecule has 0 aliphatic carbocycles.